The van der Waals surface area contributed by atoms with Gasteiger partial charge >= 0.3 is 6.03 Å². The van der Waals surface area contributed by atoms with Crippen molar-refractivity contribution in [3.05, 3.63) is 12.3 Å². The summed E-state index contributed by atoms with van der Waals surface area (Å²) in [5.74, 6) is 0.575. The van der Waals surface area contributed by atoms with Gasteiger partial charge in [-0.15, -0.1) is 0 Å². The number of carbonyl (C=O) groups excluding carboxylic acids is 2. The molecule has 7 heteroatoms. The molecule has 0 radical (unpaired) electrons. The minimum absolute atomic E-state index is 0.0230. The molecule has 1 heterocycles. The van der Waals surface area contributed by atoms with Crippen LogP contribution in [0.2, 0.25) is 0 Å². The third-order valence-corrected chi connectivity index (χ3v) is 3.86. The maximum atomic E-state index is 12.2. The maximum absolute atomic E-state index is 12.2. The highest BCUT2D eigenvalue weighted by Crippen LogP contribution is 2.24. The predicted molar refractivity (Wildman–Crippen MR) is 82.4 cm³/mol. The molecule has 2 N–H and O–H groups in total. The van der Waals surface area contributed by atoms with Crippen molar-refractivity contribution < 1.29 is 14.1 Å². The zero-order valence-corrected chi connectivity index (χ0v) is 13.0. The van der Waals surface area contributed by atoms with Crippen LogP contribution in [0, 0.1) is 5.92 Å². The van der Waals surface area contributed by atoms with Gasteiger partial charge in [-0.25, -0.2) is 4.79 Å². The molecule has 0 atom stereocenters. The minimum Gasteiger partial charge on any atom is -0.363 e. The van der Waals surface area contributed by atoms with Crippen LogP contribution in [0.4, 0.5) is 10.6 Å². The third-order valence-electron chi connectivity index (χ3n) is 3.86. The summed E-state index contributed by atoms with van der Waals surface area (Å²) in [6, 6.07) is 1.37. The number of nitrogens with one attached hydrogen (secondary N) is 2. The number of amides is 3. The monoisotopic (exact) mass is 308 g/mol. The molecule has 3 amide bonds. The van der Waals surface area contributed by atoms with Crippen LogP contribution in [0.1, 0.15) is 39.0 Å². The van der Waals surface area contributed by atoms with E-state index < -0.39 is 0 Å². The topological polar surface area (TPSA) is 87.5 Å². The molecule has 1 aliphatic carbocycles. The van der Waals surface area contributed by atoms with E-state index >= 15 is 0 Å². The summed E-state index contributed by atoms with van der Waals surface area (Å²) in [5, 5.41) is 9.03. The van der Waals surface area contributed by atoms with Gasteiger partial charge in [0.25, 0.3) is 0 Å². The van der Waals surface area contributed by atoms with Crippen molar-refractivity contribution >= 4 is 17.8 Å². The summed E-state index contributed by atoms with van der Waals surface area (Å²) in [7, 11) is 0. The molecule has 7 nitrogen and oxygen atoms in total. The van der Waals surface area contributed by atoms with Crippen molar-refractivity contribution in [2.24, 2.45) is 5.92 Å². The Bertz CT molecular complexity index is 469. The molecule has 0 aromatic carbocycles. The molecule has 22 heavy (non-hydrogen) atoms. The van der Waals surface area contributed by atoms with Crippen molar-refractivity contribution in [2.75, 3.05) is 25.0 Å². The lowest BCUT2D eigenvalue weighted by atomic mass is 9.89. The van der Waals surface area contributed by atoms with Gasteiger partial charge in [0.2, 0.25) is 5.91 Å². The molecule has 1 aliphatic rings. The van der Waals surface area contributed by atoms with Crippen LogP contribution in [0.25, 0.3) is 0 Å². The number of carbonyl (C=O) groups is 2. The Balaban J connectivity index is 1.90. The van der Waals surface area contributed by atoms with E-state index in [2.05, 4.69) is 20.3 Å². The molecular weight excluding hydrogens is 284 g/mol. The highest BCUT2D eigenvalue weighted by Gasteiger charge is 2.22. The molecule has 1 fully saturated rings. The molecular formula is C15H24N4O3. The fourth-order valence-electron chi connectivity index (χ4n) is 2.80. The van der Waals surface area contributed by atoms with Gasteiger partial charge in [0.05, 0.1) is 0 Å². The van der Waals surface area contributed by atoms with Crippen LogP contribution >= 0.6 is 0 Å². The largest absolute Gasteiger partial charge is 0.363 e. The summed E-state index contributed by atoms with van der Waals surface area (Å²) >= 11 is 0. The quantitative estimate of drug-likeness (QED) is 0.843. The molecule has 0 aliphatic heterocycles. The maximum Gasteiger partial charge on any atom is 0.317 e. The molecule has 1 aromatic heterocycles. The van der Waals surface area contributed by atoms with Crippen molar-refractivity contribution in [2.45, 2.75) is 39.0 Å². The van der Waals surface area contributed by atoms with E-state index in [1.54, 1.807) is 11.0 Å². The number of urea groups is 1. The average molecular weight is 308 g/mol. The van der Waals surface area contributed by atoms with E-state index in [1.807, 2.05) is 6.92 Å². The van der Waals surface area contributed by atoms with Crippen LogP contribution in [0.3, 0.4) is 0 Å². The lowest BCUT2D eigenvalue weighted by Gasteiger charge is -2.29. The highest BCUT2D eigenvalue weighted by molar-refractivity contribution is 5.93. The van der Waals surface area contributed by atoms with Gasteiger partial charge in [-0.3, -0.25) is 4.79 Å². The number of nitrogens with zero attached hydrogens (tertiary/aromatic N) is 2. The van der Waals surface area contributed by atoms with E-state index in [0.717, 1.165) is 12.8 Å². The normalized spacial score (nSPS) is 15.3. The Morgan fingerprint density at radius 2 is 2.14 bits per heavy atom. The van der Waals surface area contributed by atoms with Gasteiger partial charge < -0.3 is 20.1 Å². The summed E-state index contributed by atoms with van der Waals surface area (Å²) in [5.41, 5.74) is 0. The lowest BCUT2D eigenvalue weighted by Crippen LogP contribution is -2.46. The lowest BCUT2D eigenvalue weighted by molar-refractivity contribution is -0.117. The van der Waals surface area contributed by atoms with Crippen molar-refractivity contribution in [1.29, 1.82) is 0 Å². The van der Waals surface area contributed by atoms with Gasteiger partial charge in [-0.2, -0.15) is 0 Å². The first-order chi connectivity index (χ1) is 10.7. The number of hydrogen-bond acceptors (Lipinski definition) is 4. The molecule has 0 saturated heterocycles. The van der Waals surface area contributed by atoms with Crippen LogP contribution in [0.15, 0.2) is 16.9 Å². The Labute approximate surface area is 130 Å². The molecule has 122 valence electrons. The number of aromatic nitrogens is 1. The first kappa shape index (κ1) is 16.3. The number of rotatable bonds is 6. The Hall–Kier alpha value is -2.05. The van der Waals surface area contributed by atoms with E-state index in [-0.39, 0.29) is 18.5 Å². The minimum atomic E-state index is -0.268. The van der Waals surface area contributed by atoms with Gasteiger partial charge in [0.1, 0.15) is 12.8 Å². The zero-order chi connectivity index (χ0) is 15.8. The van der Waals surface area contributed by atoms with E-state index in [4.69, 9.17) is 0 Å². The summed E-state index contributed by atoms with van der Waals surface area (Å²) in [6.07, 6.45) is 7.32. The molecule has 0 spiro atoms. The molecule has 1 aromatic rings. The van der Waals surface area contributed by atoms with Crippen LogP contribution < -0.4 is 10.6 Å². The Kier molecular flexibility index (Phi) is 6.24. The second-order valence-electron chi connectivity index (χ2n) is 5.65. The van der Waals surface area contributed by atoms with Crippen molar-refractivity contribution in [3.63, 3.8) is 0 Å². The van der Waals surface area contributed by atoms with Gasteiger partial charge in [-0.05, 0) is 25.7 Å². The average Bonchev–Trinajstić information content (AvgIpc) is 3.00. The standard InChI is InChI=1S/C15H24N4O3/c1-2-16-15(21)19(10-12-6-4-3-5-7-12)11-14(20)17-13-8-9-22-18-13/h8-9,12H,2-7,10-11H2,1H3,(H,16,21)(H,17,18,20). The van der Waals surface area contributed by atoms with Crippen LogP contribution in [-0.4, -0.2) is 41.6 Å². The Morgan fingerprint density at radius 3 is 2.77 bits per heavy atom. The van der Waals surface area contributed by atoms with Crippen LogP contribution in [0.5, 0.6) is 0 Å². The zero-order valence-electron chi connectivity index (χ0n) is 13.0. The molecule has 0 unspecified atom stereocenters. The summed E-state index contributed by atoms with van der Waals surface area (Å²) in [4.78, 5) is 25.8. The van der Waals surface area contributed by atoms with E-state index in [9.17, 15) is 9.59 Å². The fraction of sp³-hybridized carbons (Fsp3) is 0.667. The number of hydrogen-bond donors (Lipinski definition) is 2. The molecule has 1 saturated carbocycles. The third kappa shape index (κ3) is 5.05. The van der Waals surface area contributed by atoms with Gasteiger partial charge in [0, 0.05) is 19.2 Å². The number of anilines is 1. The van der Waals surface area contributed by atoms with Gasteiger partial charge in [-0.1, -0.05) is 24.4 Å². The van der Waals surface area contributed by atoms with Crippen LogP contribution in [-0.2, 0) is 4.79 Å². The predicted octanol–water partition coefficient (Wildman–Crippen LogP) is 2.22. The fourth-order valence-corrected chi connectivity index (χ4v) is 2.80. The molecule has 2 rings (SSSR count). The smallest absolute Gasteiger partial charge is 0.317 e. The Morgan fingerprint density at radius 1 is 1.36 bits per heavy atom. The van der Waals surface area contributed by atoms with Gasteiger partial charge in [0.15, 0.2) is 5.82 Å². The second-order valence-corrected chi connectivity index (χ2v) is 5.65. The van der Waals surface area contributed by atoms with Crippen molar-refractivity contribution in [3.8, 4) is 0 Å². The van der Waals surface area contributed by atoms with Crippen molar-refractivity contribution in [1.82, 2.24) is 15.4 Å². The molecule has 0 bridgehead atoms. The second kappa shape index (κ2) is 8.41. The SMILES string of the molecule is CCNC(=O)N(CC(=O)Nc1ccon1)CC1CCCCC1. The van der Waals surface area contributed by atoms with E-state index in [1.165, 1.54) is 25.5 Å². The van der Waals surface area contributed by atoms with E-state index in [0.29, 0.717) is 24.8 Å². The summed E-state index contributed by atoms with van der Waals surface area (Å²) < 4.78 is 4.67. The first-order valence-corrected chi connectivity index (χ1v) is 7.92. The highest BCUT2D eigenvalue weighted by atomic mass is 16.5. The summed E-state index contributed by atoms with van der Waals surface area (Å²) in [6.45, 7) is 3.06. The first-order valence-electron chi connectivity index (χ1n) is 7.92.